The summed E-state index contributed by atoms with van der Waals surface area (Å²) in [6, 6.07) is 17.4. The second-order valence-electron chi connectivity index (χ2n) is 10.5. The fourth-order valence-corrected chi connectivity index (χ4v) is 4.71. The molecule has 4 rings (SSSR count). The van der Waals surface area contributed by atoms with Gasteiger partial charge in [-0.3, -0.25) is 14.5 Å². The van der Waals surface area contributed by atoms with Crippen LogP contribution in [0.2, 0.25) is 0 Å². The van der Waals surface area contributed by atoms with E-state index >= 15 is 0 Å². The molecule has 1 heterocycles. The Morgan fingerprint density at radius 3 is 2.31 bits per heavy atom. The van der Waals surface area contributed by atoms with Crippen LogP contribution in [0.5, 0.6) is 11.5 Å². The largest absolute Gasteiger partial charge is 0.497 e. The first-order valence-corrected chi connectivity index (χ1v) is 12.7. The molecule has 1 atom stereocenters. The lowest BCUT2D eigenvalue weighted by Crippen LogP contribution is -2.50. The van der Waals surface area contributed by atoms with E-state index in [4.69, 9.17) is 9.47 Å². The Bertz CT molecular complexity index is 1480. The maximum absolute atomic E-state index is 14.4. The average molecular weight is 530 g/mol. The van der Waals surface area contributed by atoms with Crippen LogP contribution in [0, 0.1) is 13.8 Å². The van der Waals surface area contributed by atoms with E-state index in [0.717, 1.165) is 16.6 Å². The van der Waals surface area contributed by atoms with Crippen LogP contribution in [0.15, 0.2) is 60.7 Å². The molecule has 4 aromatic rings. The van der Waals surface area contributed by atoms with Crippen molar-refractivity contribution in [1.29, 1.82) is 0 Å². The Labute approximate surface area is 228 Å². The molecule has 0 fully saturated rings. The Morgan fingerprint density at radius 2 is 1.67 bits per heavy atom. The molecule has 1 N–H and O–H groups in total. The van der Waals surface area contributed by atoms with Crippen molar-refractivity contribution in [2.24, 2.45) is 0 Å². The van der Waals surface area contributed by atoms with Gasteiger partial charge in [-0.15, -0.1) is 5.10 Å². The average Bonchev–Trinajstić information content (AvgIpc) is 3.29. The van der Waals surface area contributed by atoms with Crippen molar-refractivity contribution in [3.05, 3.63) is 77.4 Å². The third-order valence-corrected chi connectivity index (χ3v) is 6.39. The number of hydrogen-bond donors (Lipinski definition) is 1. The van der Waals surface area contributed by atoms with Gasteiger partial charge >= 0.3 is 0 Å². The predicted octanol–water partition coefficient (Wildman–Crippen LogP) is 4.75. The Kier molecular flexibility index (Phi) is 7.90. The molecule has 9 heteroatoms. The number of benzene rings is 3. The quantitative estimate of drug-likeness (QED) is 0.354. The fourth-order valence-electron chi connectivity index (χ4n) is 4.71. The molecule has 204 valence electrons. The molecule has 0 aliphatic rings. The van der Waals surface area contributed by atoms with Gasteiger partial charge in [-0.25, -0.2) is 4.68 Å². The highest BCUT2D eigenvalue weighted by Crippen LogP contribution is 2.38. The topological polar surface area (TPSA) is 98.6 Å². The number of ether oxygens (including phenoxy) is 2. The van der Waals surface area contributed by atoms with E-state index in [1.165, 1.54) is 7.11 Å². The van der Waals surface area contributed by atoms with E-state index in [-0.39, 0.29) is 18.4 Å². The molecule has 0 radical (unpaired) electrons. The molecule has 0 spiro atoms. The minimum Gasteiger partial charge on any atom is -0.497 e. The minimum absolute atomic E-state index is 0.125. The van der Waals surface area contributed by atoms with Crippen molar-refractivity contribution in [2.45, 2.75) is 52.7 Å². The van der Waals surface area contributed by atoms with Gasteiger partial charge in [0.25, 0.3) is 0 Å². The number of hydrogen-bond acceptors (Lipinski definition) is 6. The lowest BCUT2D eigenvalue weighted by Gasteiger charge is -2.36. The molecule has 0 bridgehead atoms. The summed E-state index contributed by atoms with van der Waals surface area (Å²) < 4.78 is 12.7. The molecule has 39 heavy (non-hydrogen) atoms. The van der Waals surface area contributed by atoms with E-state index in [9.17, 15) is 9.59 Å². The molecule has 2 amide bonds. The molecule has 0 saturated heterocycles. The predicted molar refractivity (Wildman–Crippen MR) is 151 cm³/mol. The third-order valence-electron chi connectivity index (χ3n) is 6.39. The van der Waals surface area contributed by atoms with Gasteiger partial charge in [0.1, 0.15) is 29.6 Å². The summed E-state index contributed by atoms with van der Waals surface area (Å²) >= 11 is 0. The van der Waals surface area contributed by atoms with E-state index in [2.05, 4.69) is 15.6 Å². The number of anilines is 1. The van der Waals surface area contributed by atoms with Crippen molar-refractivity contribution in [1.82, 2.24) is 20.3 Å². The summed E-state index contributed by atoms with van der Waals surface area (Å²) in [5.74, 6) is 0.311. The highest BCUT2D eigenvalue weighted by atomic mass is 16.5. The Morgan fingerprint density at radius 1 is 0.974 bits per heavy atom. The first-order valence-electron chi connectivity index (χ1n) is 12.7. The lowest BCUT2D eigenvalue weighted by molar-refractivity contribution is -0.128. The summed E-state index contributed by atoms with van der Waals surface area (Å²) in [5, 5.41) is 11.5. The van der Waals surface area contributed by atoms with Gasteiger partial charge in [0.2, 0.25) is 11.8 Å². The highest BCUT2D eigenvalue weighted by molar-refractivity contribution is 6.03. The second kappa shape index (κ2) is 11.1. The van der Waals surface area contributed by atoms with Crippen LogP contribution in [0.25, 0.3) is 11.0 Å². The number of nitrogens with zero attached hydrogens (tertiary/aromatic N) is 4. The van der Waals surface area contributed by atoms with Gasteiger partial charge in [0.15, 0.2) is 0 Å². The van der Waals surface area contributed by atoms with Gasteiger partial charge < -0.3 is 14.8 Å². The Balaban J connectivity index is 1.95. The van der Waals surface area contributed by atoms with Gasteiger partial charge in [0.05, 0.1) is 25.4 Å². The zero-order chi connectivity index (χ0) is 28.3. The molecular formula is C30H35N5O4. The van der Waals surface area contributed by atoms with Crippen LogP contribution in [0.1, 0.15) is 43.5 Å². The summed E-state index contributed by atoms with van der Waals surface area (Å²) in [4.78, 5) is 30.1. The van der Waals surface area contributed by atoms with Crippen molar-refractivity contribution >= 4 is 28.5 Å². The lowest BCUT2D eigenvalue weighted by atomic mass is 9.97. The zero-order valence-electron chi connectivity index (χ0n) is 23.5. The SMILES string of the molecule is COc1ccc(OC)c([C@H](C(=O)NC(C)(C)C)N(C(=O)Cn2nnc3ccccc32)c2c(C)cccc2C)c1. The first kappa shape index (κ1) is 27.6. The molecule has 3 aromatic carbocycles. The maximum atomic E-state index is 14.4. The smallest absolute Gasteiger partial charge is 0.249 e. The van der Waals surface area contributed by atoms with E-state index < -0.39 is 11.6 Å². The van der Waals surface area contributed by atoms with Gasteiger partial charge in [0, 0.05) is 11.1 Å². The van der Waals surface area contributed by atoms with Gasteiger partial charge in [-0.2, -0.15) is 0 Å². The van der Waals surface area contributed by atoms with E-state index in [1.807, 2.05) is 77.1 Å². The number of nitrogens with one attached hydrogen (secondary N) is 1. The number of rotatable bonds is 8. The summed E-state index contributed by atoms with van der Waals surface area (Å²) in [6.45, 7) is 9.43. The summed E-state index contributed by atoms with van der Waals surface area (Å²) in [5.41, 5.74) is 3.69. The minimum atomic E-state index is -1.07. The number of carbonyl (C=O) groups is 2. The number of carbonyl (C=O) groups excluding carboxylic acids is 2. The molecule has 9 nitrogen and oxygen atoms in total. The number of methoxy groups -OCH3 is 2. The molecule has 0 aliphatic heterocycles. The van der Waals surface area contributed by atoms with E-state index in [1.54, 1.807) is 34.9 Å². The van der Waals surface area contributed by atoms with E-state index in [0.29, 0.717) is 28.3 Å². The van der Waals surface area contributed by atoms with Crippen LogP contribution in [0.4, 0.5) is 5.69 Å². The third kappa shape index (κ3) is 5.87. The summed E-state index contributed by atoms with van der Waals surface area (Å²) in [6.07, 6.45) is 0. The van der Waals surface area contributed by atoms with Crippen LogP contribution in [0.3, 0.4) is 0 Å². The normalized spacial score (nSPS) is 12.2. The molecule has 0 aliphatic carbocycles. The number of amides is 2. The molecule has 0 saturated carbocycles. The number of para-hydroxylation sites is 2. The van der Waals surface area contributed by atoms with Crippen molar-refractivity contribution in [3.8, 4) is 11.5 Å². The molecule has 1 aromatic heterocycles. The van der Waals surface area contributed by atoms with Crippen LogP contribution in [-0.2, 0) is 16.1 Å². The highest BCUT2D eigenvalue weighted by Gasteiger charge is 2.38. The number of fused-ring (bicyclic) bond motifs is 1. The standard InChI is InChI=1S/C30H35N5O4/c1-19-11-10-12-20(2)27(19)35(26(36)18-34-24-14-9-8-13-23(24)32-33-34)28(29(37)31-30(3,4)5)22-17-21(38-6)15-16-25(22)39-7/h8-17,28H,18H2,1-7H3,(H,31,37)/t28-/m1/s1. The van der Waals surface area contributed by atoms with Crippen molar-refractivity contribution in [2.75, 3.05) is 19.1 Å². The van der Waals surface area contributed by atoms with Crippen molar-refractivity contribution in [3.63, 3.8) is 0 Å². The second-order valence-corrected chi connectivity index (χ2v) is 10.5. The Hall–Kier alpha value is -4.40. The first-order chi connectivity index (χ1) is 18.5. The molecule has 0 unspecified atom stereocenters. The fraction of sp³-hybridized carbons (Fsp3) is 0.333. The summed E-state index contributed by atoms with van der Waals surface area (Å²) in [7, 11) is 3.09. The number of aromatic nitrogens is 3. The van der Waals surface area contributed by atoms with Gasteiger partial charge in [-0.1, -0.05) is 35.5 Å². The monoisotopic (exact) mass is 529 g/mol. The van der Waals surface area contributed by atoms with Crippen LogP contribution < -0.4 is 19.7 Å². The van der Waals surface area contributed by atoms with Crippen molar-refractivity contribution < 1.29 is 19.1 Å². The van der Waals surface area contributed by atoms with Gasteiger partial charge in [-0.05, 0) is 76.1 Å². The molecular weight excluding hydrogens is 494 g/mol. The number of aryl methyl sites for hydroxylation is 2. The zero-order valence-corrected chi connectivity index (χ0v) is 23.5. The van der Waals surface area contributed by atoms with Crippen LogP contribution >= 0.6 is 0 Å². The maximum Gasteiger partial charge on any atom is 0.249 e. The van der Waals surface area contributed by atoms with Crippen LogP contribution in [-0.4, -0.2) is 46.6 Å².